The van der Waals surface area contributed by atoms with Crippen molar-refractivity contribution in [2.45, 2.75) is 0 Å². The molecule has 90 valence electrons. The Balaban J connectivity index is 0.000000180. The summed E-state index contributed by atoms with van der Waals surface area (Å²) in [5.74, 6) is 0. The first-order chi connectivity index (χ1) is 8.61. The molecular formula is C12H8N2O4. The fourth-order valence-electron chi connectivity index (χ4n) is 1.000. The number of benzene rings is 2. The van der Waals surface area contributed by atoms with Crippen LogP contribution in [0.3, 0.4) is 0 Å². The van der Waals surface area contributed by atoms with Crippen molar-refractivity contribution in [1.82, 2.24) is 0 Å². The zero-order valence-electron chi connectivity index (χ0n) is 9.15. The third-order valence-electron chi connectivity index (χ3n) is 1.82. The standard InChI is InChI=1S/2C6H4NO2/c2*8-7(9)6-4-2-1-3-5-6/h2*2-5H. The van der Waals surface area contributed by atoms with E-state index in [4.69, 9.17) is 0 Å². The van der Waals surface area contributed by atoms with Gasteiger partial charge in [-0.05, 0) is 36.4 Å². The Morgan fingerprint density at radius 1 is 0.722 bits per heavy atom. The van der Waals surface area contributed by atoms with Crippen molar-refractivity contribution in [3.8, 4) is 0 Å². The maximum atomic E-state index is 9.99. The molecule has 0 unspecified atom stereocenters. The summed E-state index contributed by atoms with van der Waals surface area (Å²) >= 11 is 0. The first kappa shape index (κ1) is 13.3. The third-order valence-corrected chi connectivity index (χ3v) is 1.82. The predicted molar refractivity (Wildman–Crippen MR) is 63.9 cm³/mol. The van der Waals surface area contributed by atoms with Crippen LogP contribution in [0.5, 0.6) is 0 Å². The molecule has 0 fully saturated rings. The Labute approximate surface area is 103 Å². The number of nitro benzene ring substituents is 2. The van der Waals surface area contributed by atoms with Crippen LogP contribution in [0.4, 0.5) is 11.4 Å². The van der Waals surface area contributed by atoms with Crippen LogP contribution in [0.2, 0.25) is 0 Å². The molecule has 2 rings (SSSR count). The number of hydrogen-bond acceptors (Lipinski definition) is 4. The molecule has 0 N–H and O–H groups in total. The van der Waals surface area contributed by atoms with Crippen LogP contribution < -0.4 is 0 Å². The maximum absolute atomic E-state index is 9.99. The first-order valence-electron chi connectivity index (χ1n) is 4.82. The molecule has 0 aliphatic carbocycles. The normalized spacial score (nSPS) is 8.89. The molecule has 0 aliphatic rings. The molecule has 6 nitrogen and oxygen atoms in total. The Morgan fingerprint density at radius 2 is 1.00 bits per heavy atom. The molecule has 6 heteroatoms. The molecule has 2 aromatic carbocycles. The molecule has 18 heavy (non-hydrogen) atoms. The van der Waals surface area contributed by atoms with Crippen LogP contribution in [0.15, 0.2) is 48.5 Å². The van der Waals surface area contributed by atoms with Crippen molar-refractivity contribution in [2.24, 2.45) is 0 Å². The highest BCUT2D eigenvalue weighted by Crippen LogP contribution is 2.07. The largest absolute Gasteiger partial charge is 0.269 e. The van der Waals surface area contributed by atoms with E-state index in [1.165, 1.54) is 48.5 Å². The van der Waals surface area contributed by atoms with Gasteiger partial charge in [-0.1, -0.05) is 0 Å². The molecule has 0 atom stereocenters. The van der Waals surface area contributed by atoms with Crippen molar-refractivity contribution in [3.05, 3.63) is 80.9 Å². The summed E-state index contributed by atoms with van der Waals surface area (Å²) in [7, 11) is 0. The summed E-state index contributed by atoms with van der Waals surface area (Å²) in [6, 6.07) is 17.0. The van der Waals surface area contributed by atoms with E-state index < -0.39 is 9.85 Å². The van der Waals surface area contributed by atoms with E-state index in [0.29, 0.717) is 0 Å². The van der Waals surface area contributed by atoms with Gasteiger partial charge in [0.1, 0.15) is 0 Å². The van der Waals surface area contributed by atoms with Gasteiger partial charge in [0.25, 0.3) is 11.4 Å². The Hall–Kier alpha value is -2.76. The van der Waals surface area contributed by atoms with E-state index >= 15 is 0 Å². The van der Waals surface area contributed by atoms with Crippen molar-refractivity contribution in [1.29, 1.82) is 0 Å². The van der Waals surface area contributed by atoms with Gasteiger partial charge in [0, 0.05) is 24.3 Å². The van der Waals surface area contributed by atoms with Gasteiger partial charge in [0.2, 0.25) is 0 Å². The van der Waals surface area contributed by atoms with E-state index in [2.05, 4.69) is 12.1 Å². The second kappa shape index (κ2) is 6.74. The molecule has 0 aliphatic heterocycles. The van der Waals surface area contributed by atoms with E-state index in [1.807, 2.05) is 0 Å². The van der Waals surface area contributed by atoms with Crippen LogP contribution in [0.1, 0.15) is 0 Å². The maximum Gasteiger partial charge on any atom is 0.269 e. The number of rotatable bonds is 2. The number of nitrogens with zero attached hydrogens (tertiary/aromatic N) is 2. The predicted octanol–water partition coefficient (Wildman–Crippen LogP) is 2.79. The molecule has 2 radical (unpaired) electrons. The Bertz CT molecular complexity index is 465. The average molecular weight is 244 g/mol. The van der Waals surface area contributed by atoms with Gasteiger partial charge in [-0.15, -0.1) is 0 Å². The highest BCUT2D eigenvalue weighted by molar-refractivity contribution is 5.28. The lowest BCUT2D eigenvalue weighted by molar-refractivity contribution is -0.385. The molecule has 0 spiro atoms. The minimum Gasteiger partial charge on any atom is -0.258 e. The van der Waals surface area contributed by atoms with Gasteiger partial charge in [-0.3, -0.25) is 20.2 Å². The smallest absolute Gasteiger partial charge is 0.258 e. The molecule has 0 saturated carbocycles. The number of hydrogen-bond donors (Lipinski definition) is 0. The van der Waals surface area contributed by atoms with Gasteiger partial charge < -0.3 is 0 Å². The SMILES string of the molecule is O=[N+]([O-])c1cc[c]cc1.O=[N+]([O-])c1cc[c]cc1. The summed E-state index contributed by atoms with van der Waals surface area (Å²) in [6.07, 6.45) is 0. The van der Waals surface area contributed by atoms with Crippen LogP contribution in [0.25, 0.3) is 0 Å². The second-order valence-corrected chi connectivity index (χ2v) is 3.03. The highest BCUT2D eigenvalue weighted by Gasteiger charge is 1.99. The van der Waals surface area contributed by atoms with Gasteiger partial charge in [-0.25, -0.2) is 0 Å². The van der Waals surface area contributed by atoms with Crippen molar-refractivity contribution < 1.29 is 9.85 Å². The van der Waals surface area contributed by atoms with Gasteiger partial charge in [0.15, 0.2) is 0 Å². The monoisotopic (exact) mass is 244 g/mol. The molecule has 2 aromatic rings. The zero-order valence-corrected chi connectivity index (χ0v) is 9.15. The quantitative estimate of drug-likeness (QED) is 0.600. The lowest BCUT2D eigenvalue weighted by atomic mass is 10.3. The summed E-state index contributed by atoms with van der Waals surface area (Å²) in [4.78, 5) is 19.1. The Kier molecular flexibility index (Phi) is 4.98. The van der Waals surface area contributed by atoms with Crippen LogP contribution in [0, 0.1) is 32.4 Å². The lowest BCUT2D eigenvalue weighted by Gasteiger charge is -1.84. The zero-order chi connectivity index (χ0) is 13.4. The third kappa shape index (κ3) is 4.40. The average Bonchev–Trinajstić information content (AvgIpc) is 2.41. The molecule has 0 aromatic heterocycles. The van der Waals surface area contributed by atoms with Crippen LogP contribution in [-0.2, 0) is 0 Å². The summed E-state index contributed by atoms with van der Waals surface area (Å²) in [5.41, 5.74) is 0.211. The molecule has 0 saturated heterocycles. The van der Waals surface area contributed by atoms with E-state index in [-0.39, 0.29) is 11.4 Å². The number of non-ortho nitro benzene ring substituents is 2. The number of nitro groups is 2. The van der Waals surface area contributed by atoms with Gasteiger partial charge >= 0.3 is 0 Å². The van der Waals surface area contributed by atoms with Crippen molar-refractivity contribution in [3.63, 3.8) is 0 Å². The fraction of sp³-hybridized carbons (Fsp3) is 0. The van der Waals surface area contributed by atoms with Crippen molar-refractivity contribution in [2.75, 3.05) is 0 Å². The minimum atomic E-state index is -0.437. The topological polar surface area (TPSA) is 86.3 Å². The van der Waals surface area contributed by atoms with Gasteiger partial charge in [-0.2, -0.15) is 0 Å². The van der Waals surface area contributed by atoms with E-state index in [9.17, 15) is 20.2 Å². The second-order valence-electron chi connectivity index (χ2n) is 3.03. The van der Waals surface area contributed by atoms with E-state index in [0.717, 1.165) is 0 Å². The van der Waals surface area contributed by atoms with Crippen LogP contribution >= 0.6 is 0 Å². The Morgan fingerprint density at radius 3 is 1.17 bits per heavy atom. The van der Waals surface area contributed by atoms with Gasteiger partial charge in [0.05, 0.1) is 9.85 Å². The molecule has 0 amide bonds. The summed E-state index contributed by atoms with van der Waals surface area (Å²) in [5, 5.41) is 20.0. The first-order valence-corrected chi connectivity index (χ1v) is 4.82. The van der Waals surface area contributed by atoms with Crippen molar-refractivity contribution >= 4 is 11.4 Å². The van der Waals surface area contributed by atoms with Crippen LogP contribution in [-0.4, -0.2) is 9.85 Å². The molecule has 0 bridgehead atoms. The summed E-state index contributed by atoms with van der Waals surface area (Å²) in [6.45, 7) is 0. The lowest BCUT2D eigenvalue weighted by Crippen LogP contribution is -1.84. The minimum absolute atomic E-state index is 0.105. The molecule has 0 heterocycles. The molecular weight excluding hydrogens is 236 g/mol. The van der Waals surface area contributed by atoms with E-state index in [1.54, 1.807) is 0 Å². The highest BCUT2D eigenvalue weighted by atomic mass is 16.6. The fourth-order valence-corrected chi connectivity index (χ4v) is 1.000. The summed E-state index contributed by atoms with van der Waals surface area (Å²) < 4.78 is 0.